The molecule has 9 heteroatoms. The third-order valence-corrected chi connectivity index (χ3v) is 7.33. The average Bonchev–Trinajstić information content (AvgIpc) is 2.59. The summed E-state index contributed by atoms with van der Waals surface area (Å²) < 4.78 is 32.0. The van der Waals surface area contributed by atoms with E-state index in [1.54, 1.807) is 0 Å². The fourth-order valence-electron chi connectivity index (χ4n) is 2.69. The fraction of sp³-hybridized carbons (Fsp3) is 1.00. The largest absolute Gasteiger partial charge is 0.415 e. The number of rotatable bonds is 9. The van der Waals surface area contributed by atoms with E-state index >= 15 is 0 Å². The molecule has 0 amide bonds. The summed E-state index contributed by atoms with van der Waals surface area (Å²) in [6.07, 6.45) is -0.831. The second-order valence-corrected chi connectivity index (χ2v) is 29.0. The molecule has 1 fully saturated rings. The highest BCUT2D eigenvalue weighted by Gasteiger charge is 2.51. The van der Waals surface area contributed by atoms with Gasteiger partial charge < -0.3 is 22.4 Å². The molecule has 0 spiro atoms. The SMILES string of the molecule is C[Si](C)(C)OC[C@H]1O[C@@H](O[Si](C)(C)C)[C@H](O[Si](C)(C)C)[C@@H]1O[Si](C)(C)C. The molecule has 0 saturated carbocycles. The first-order valence-corrected chi connectivity index (χ1v) is 23.3. The van der Waals surface area contributed by atoms with E-state index in [0.717, 1.165) is 0 Å². The molecule has 156 valence electrons. The molecule has 0 aromatic rings. The Morgan fingerprint density at radius 2 is 1.00 bits per heavy atom. The van der Waals surface area contributed by atoms with Gasteiger partial charge in [-0.05, 0) is 78.6 Å². The minimum atomic E-state index is -1.79. The lowest BCUT2D eigenvalue weighted by Gasteiger charge is -2.35. The van der Waals surface area contributed by atoms with Gasteiger partial charge in [-0.1, -0.05) is 0 Å². The molecule has 5 nitrogen and oxygen atoms in total. The summed E-state index contributed by atoms with van der Waals surface area (Å²) in [4.78, 5) is 0. The molecule has 0 aromatic carbocycles. The van der Waals surface area contributed by atoms with Crippen molar-refractivity contribution in [3.63, 3.8) is 0 Å². The Morgan fingerprint density at radius 3 is 1.38 bits per heavy atom. The van der Waals surface area contributed by atoms with Gasteiger partial charge in [0.15, 0.2) is 39.6 Å². The van der Waals surface area contributed by atoms with Crippen molar-refractivity contribution >= 4 is 33.3 Å². The molecule has 4 atom stereocenters. The molecule has 0 aromatic heterocycles. The van der Waals surface area contributed by atoms with E-state index < -0.39 is 33.3 Å². The third-order valence-electron chi connectivity index (χ3n) is 3.40. The summed E-state index contributed by atoms with van der Waals surface area (Å²) >= 11 is 0. The second kappa shape index (κ2) is 8.58. The molecule has 1 rings (SSSR count). The fourth-order valence-corrected chi connectivity index (χ4v) is 6.40. The Kier molecular flexibility index (Phi) is 8.15. The van der Waals surface area contributed by atoms with Gasteiger partial charge in [0.1, 0.15) is 18.3 Å². The van der Waals surface area contributed by atoms with Crippen LogP contribution in [-0.2, 0) is 22.4 Å². The summed E-state index contributed by atoms with van der Waals surface area (Å²) in [7, 11) is -6.99. The minimum absolute atomic E-state index is 0.133. The molecule has 1 aliphatic heterocycles. The van der Waals surface area contributed by atoms with E-state index in [1.165, 1.54) is 0 Å². The Bertz CT molecular complexity index is 448. The van der Waals surface area contributed by atoms with Crippen molar-refractivity contribution in [2.24, 2.45) is 0 Å². The van der Waals surface area contributed by atoms with Crippen molar-refractivity contribution in [1.82, 2.24) is 0 Å². The number of hydrogen-bond donors (Lipinski definition) is 0. The van der Waals surface area contributed by atoms with Gasteiger partial charge >= 0.3 is 0 Å². The highest BCUT2D eigenvalue weighted by molar-refractivity contribution is 6.71. The topological polar surface area (TPSA) is 46.2 Å². The second-order valence-electron chi connectivity index (χ2n) is 11.1. The van der Waals surface area contributed by atoms with E-state index in [2.05, 4.69) is 78.6 Å². The highest BCUT2D eigenvalue weighted by Crippen LogP contribution is 2.33. The first-order chi connectivity index (χ1) is 11.4. The quantitative estimate of drug-likeness (QED) is 0.481. The molecular weight excluding hydrogens is 397 g/mol. The van der Waals surface area contributed by atoms with Crippen LogP contribution >= 0.6 is 0 Å². The molecule has 0 N–H and O–H groups in total. The molecule has 0 bridgehead atoms. The lowest BCUT2D eigenvalue weighted by Crippen LogP contribution is -2.50. The number of ether oxygens (including phenoxy) is 1. The van der Waals surface area contributed by atoms with Gasteiger partial charge in [0, 0.05) is 0 Å². The van der Waals surface area contributed by atoms with Crippen molar-refractivity contribution in [3.05, 3.63) is 0 Å². The van der Waals surface area contributed by atoms with Crippen LogP contribution in [0.5, 0.6) is 0 Å². The summed E-state index contributed by atoms with van der Waals surface area (Å²) in [5.41, 5.74) is 0. The van der Waals surface area contributed by atoms with Crippen LogP contribution < -0.4 is 0 Å². The Hall–Kier alpha value is 0.668. The zero-order chi connectivity index (χ0) is 20.6. The predicted octanol–water partition coefficient (Wildman–Crippen LogP) is 4.85. The Labute approximate surface area is 165 Å². The van der Waals surface area contributed by atoms with Crippen molar-refractivity contribution in [1.29, 1.82) is 0 Å². The molecule has 0 aliphatic carbocycles. The lowest BCUT2D eigenvalue weighted by atomic mass is 10.1. The van der Waals surface area contributed by atoms with Crippen molar-refractivity contribution < 1.29 is 22.4 Å². The summed E-state index contributed by atoms with van der Waals surface area (Å²) in [6.45, 7) is 26.9. The van der Waals surface area contributed by atoms with Gasteiger partial charge in [0.2, 0.25) is 0 Å². The maximum atomic E-state index is 6.56. The summed E-state index contributed by atoms with van der Waals surface area (Å²) in [5.74, 6) is 0. The molecule has 1 aliphatic rings. The Morgan fingerprint density at radius 1 is 0.577 bits per heavy atom. The van der Waals surface area contributed by atoms with Gasteiger partial charge in [0.05, 0.1) is 6.61 Å². The van der Waals surface area contributed by atoms with E-state index in [-0.39, 0.29) is 24.6 Å². The molecule has 1 saturated heterocycles. The lowest BCUT2D eigenvalue weighted by molar-refractivity contribution is -0.116. The highest BCUT2D eigenvalue weighted by atomic mass is 28.4. The maximum absolute atomic E-state index is 6.56. The van der Waals surface area contributed by atoms with Crippen molar-refractivity contribution in [3.8, 4) is 0 Å². The van der Waals surface area contributed by atoms with Crippen LogP contribution in [-0.4, -0.2) is 64.5 Å². The zero-order valence-corrected chi connectivity index (χ0v) is 23.1. The van der Waals surface area contributed by atoms with Gasteiger partial charge in [-0.3, -0.25) is 0 Å². The van der Waals surface area contributed by atoms with E-state index in [0.29, 0.717) is 6.61 Å². The van der Waals surface area contributed by atoms with Crippen LogP contribution in [0, 0.1) is 0 Å². The van der Waals surface area contributed by atoms with E-state index in [4.69, 9.17) is 22.4 Å². The van der Waals surface area contributed by atoms with E-state index in [9.17, 15) is 0 Å². The van der Waals surface area contributed by atoms with Gasteiger partial charge in [-0.25, -0.2) is 0 Å². The monoisotopic (exact) mass is 438 g/mol. The minimum Gasteiger partial charge on any atom is -0.415 e. The van der Waals surface area contributed by atoms with Crippen LogP contribution in [0.1, 0.15) is 0 Å². The Balaban J connectivity index is 3.10. The third kappa shape index (κ3) is 9.74. The van der Waals surface area contributed by atoms with Crippen molar-refractivity contribution in [2.45, 2.75) is 103 Å². The zero-order valence-electron chi connectivity index (χ0n) is 19.1. The van der Waals surface area contributed by atoms with E-state index in [1.807, 2.05) is 0 Å². The van der Waals surface area contributed by atoms with Crippen LogP contribution in [0.2, 0.25) is 78.6 Å². The normalized spacial score (nSPS) is 28.6. The smallest absolute Gasteiger partial charge is 0.187 e. The van der Waals surface area contributed by atoms with Crippen LogP contribution in [0.3, 0.4) is 0 Å². The molecule has 0 radical (unpaired) electrons. The van der Waals surface area contributed by atoms with Gasteiger partial charge in [-0.2, -0.15) is 0 Å². The van der Waals surface area contributed by atoms with Gasteiger partial charge in [-0.15, -0.1) is 0 Å². The maximum Gasteiger partial charge on any atom is 0.187 e. The predicted molar refractivity (Wildman–Crippen MR) is 119 cm³/mol. The number of hydrogen-bond acceptors (Lipinski definition) is 5. The first-order valence-electron chi connectivity index (χ1n) is 9.69. The van der Waals surface area contributed by atoms with Crippen LogP contribution in [0.4, 0.5) is 0 Å². The van der Waals surface area contributed by atoms with Crippen LogP contribution in [0.15, 0.2) is 0 Å². The summed E-state index contributed by atoms with van der Waals surface area (Å²) in [5, 5.41) is 0. The standard InChI is InChI=1S/C17H42O5Si4/c1-23(2,3)18-13-14-15(20-24(4,5)6)16(21-25(7,8)9)17(19-14)22-26(10,11)12/h14-17H,13H2,1-12H3/t14-,15-,16-,17+/m1/s1. The molecular formula is C17H42O5Si4. The molecule has 26 heavy (non-hydrogen) atoms. The first kappa shape index (κ1) is 24.7. The average molecular weight is 439 g/mol. The molecule has 1 heterocycles. The molecule has 0 unspecified atom stereocenters. The van der Waals surface area contributed by atoms with Crippen LogP contribution in [0.25, 0.3) is 0 Å². The van der Waals surface area contributed by atoms with Crippen molar-refractivity contribution in [2.75, 3.05) is 6.61 Å². The van der Waals surface area contributed by atoms with Gasteiger partial charge in [0.25, 0.3) is 0 Å². The summed E-state index contributed by atoms with van der Waals surface area (Å²) in [6, 6.07) is 0.